The van der Waals surface area contributed by atoms with E-state index in [1.54, 1.807) is 6.07 Å². The lowest BCUT2D eigenvalue weighted by Gasteiger charge is -2.10. The molecule has 9 nitrogen and oxygen atoms in total. The third-order valence-corrected chi connectivity index (χ3v) is 4.48. The van der Waals surface area contributed by atoms with Crippen LogP contribution in [0.4, 0.5) is 17.3 Å². The van der Waals surface area contributed by atoms with E-state index < -0.39 is 17.8 Å². The quantitative estimate of drug-likeness (QED) is 0.459. The topological polar surface area (TPSA) is 129 Å². The van der Waals surface area contributed by atoms with Crippen molar-refractivity contribution in [3.8, 4) is 0 Å². The zero-order valence-corrected chi connectivity index (χ0v) is 17.1. The standard InChI is InChI=1S/C20H14BrN3O6/c1-24(29)17-9-8-16(30-17)19(26)22-13-5-2-11(3-6-13)18(25)23-15-7-4-12(21)10-14(15)20(27)28/h2-10H,1H3,(H2-,22,23,25,26,27,28)/p+1. The summed E-state index contributed by atoms with van der Waals surface area (Å²) in [6.07, 6.45) is 0. The number of rotatable bonds is 6. The van der Waals surface area contributed by atoms with Crippen molar-refractivity contribution < 1.29 is 28.7 Å². The number of amides is 2. The summed E-state index contributed by atoms with van der Waals surface area (Å²) in [5, 5.41) is 14.4. The van der Waals surface area contributed by atoms with Gasteiger partial charge in [0.05, 0.1) is 22.1 Å². The van der Waals surface area contributed by atoms with Crippen molar-refractivity contribution in [3.05, 3.63) is 80.9 Å². The van der Waals surface area contributed by atoms with Crippen LogP contribution >= 0.6 is 15.9 Å². The molecule has 0 aliphatic carbocycles. The number of anilines is 2. The van der Waals surface area contributed by atoms with Crippen LogP contribution in [0.2, 0.25) is 0 Å². The molecule has 3 rings (SSSR count). The Bertz CT molecular complexity index is 1150. The van der Waals surface area contributed by atoms with Gasteiger partial charge in [-0.05, 0) is 48.5 Å². The van der Waals surface area contributed by atoms with Gasteiger partial charge in [-0.25, -0.2) is 4.79 Å². The number of carbonyl (C=O) groups excluding carboxylic acids is 2. The number of hydrogen-bond donors (Lipinski definition) is 3. The van der Waals surface area contributed by atoms with E-state index in [4.69, 9.17) is 4.42 Å². The smallest absolute Gasteiger partial charge is 0.421 e. The molecular formula is C20H15BrN3O6+. The summed E-state index contributed by atoms with van der Waals surface area (Å²) in [5.74, 6) is -2.27. The Balaban J connectivity index is 1.69. The van der Waals surface area contributed by atoms with Crippen LogP contribution in [-0.4, -0.2) is 34.7 Å². The first-order valence-corrected chi connectivity index (χ1v) is 9.30. The summed E-state index contributed by atoms with van der Waals surface area (Å²) >= 11 is 3.19. The first kappa shape index (κ1) is 20.9. The van der Waals surface area contributed by atoms with E-state index in [1.165, 1.54) is 55.6 Å². The van der Waals surface area contributed by atoms with Crippen LogP contribution in [0, 0.1) is 4.91 Å². The lowest BCUT2D eigenvalue weighted by molar-refractivity contribution is -0.444. The van der Waals surface area contributed by atoms with E-state index in [1.807, 2.05) is 0 Å². The minimum atomic E-state index is -1.17. The van der Waals surface area contributed by atoms with E-state index in [-0.39, 0.29) is 28.5 Å². The number of hydrogen-bond acceptors (Lipinski definition) is 5. The van der Waals surface area contributed by atoms with Gasteiger partial charge in [-0.1, -0.05) is 15.9 Å². The van der Waals surface area contributed by atoms with Gasteiger partial charge < -0.3 is 20.2 Å². The molecule has 0 unspecified atom stereocenters. The summed E-state index contributed by atoms with van der Waals surface area (Å²) in [5.41, 5.74) is 0.772. The molecule has 0 radical (unpaired) electrons. The fourth-order valence-electron chi connectivity index (χ4n) is 2.51. The lowest BCUT2D eigenvalue weighted by Crippen LogP contribution is -2.15. The fourth-order valence-corrected chi connectivity index (χ4v) is 2.87. The predicted molar refractivity (Wildman–Crippen MR) is 111 cm³/mol. The summed E-state index contributed by atoms with van der Waals surface area (Å²) in [7, 11) is 1.25. The van der Waals surface area contributed by atoms with Gasteiger partial charge in [0, 0.05) is 20.6 Å². The molecule has 0 fully saturated rings. The van der Waals surface area contributed by atoms with E-state index in [0.717, 1.165) is 0 Å². The van der Waals surface area contributed by atoms with Gasteiger partial charge in [0.15, 0.2) is 12.8 Å². The zero-order valence-electron chi connectivity index (χ0n) is 15.5. The molecule has 2 aromatic carbocycles. The molecule has 3 N–H and O–H groups in total. The summed E-state index contributed by atoms with van der Waals surface area (Å²) in [6, 6.07) is 13.2. The van der Waals surface area contributed by atoms with Crippen molar-refractivity contribution in [2.24, 2.45) is 0 Å². The van der Waals surface area contributed by atoms with Crippen LogP contribution in [0.5, 0.6) is 0 Å². The number of benzene rings is 2. The number of nitrogens with one attached hydrogen (secondary N) is 2. The van der Waals surface area contributed by atoms with Crippen LogP contribution in [0.1, 0.15) is 31.3 Å². The van der Waals surface area contributed by atoms with Crippen molar-refractivity contribution in [2.75, 3.05) is 17.7 Å². The number of halogens is 1. The summed E-state index contributed by atoms with van der Waals surface area (Å²) in [4.78, 5) is 47.1. The van der Waals surface area contributed by atoms with Crippen molar-refractivity contribution in [1.29, 1.82) is 0 Å². The maximum atomic E-state index is 12.4. The number of carboxylic acids is 1. The second kappa shape index (κ2) is 8.70. The number of furan rings is 1. The van der Waals surface area contributed by atoms with Crippen LogP contribution in [0.3, 0.4) is 0 Å². The number of carbonyl (C=O) groups is 3. The highest BCUT2D eigenvalue weighted by molar-refractivity contribution is 9.10. The van der Waals surface area contributed by atoms with Gasteiger partial charge in [0.1, 0.15) is 0 Å². The third-order valence-electron chi connectivity index (χ3n) is 3.99. The Morgan fingerprint density at radius 3 is 2.27 bits per heavy atom. The van der Waals surface area contributed by atoms with E-state index in [9.17, 15) is 24.4 Å². The lowest BCUT2D eigenvalue weighted by atomic mass is 10.1. The molecule has 0 atom stereocenters. The molecule has 152 valence electrons. The van der Waals surface area contributed by atoms with Crippen molar-refractivity contribution in [1.82, 2.24) is 0 Å². The fraction of sp³-hybridized carbons (Fsp3) is 0.0500. The highest BCUT2D eigenvalue weighted by atomic mass is 79.9. The average molecular weight is 473 g/mol. The van der Waals surface area contributed by atoms with Gasteiger partial charge in [0.2, 0.25) is 0 Å². The van der Waals surface area contributed by atoms with Gasteiger partial charge >= 0.3 is 11.9 Å². The number of nitrogens with zero attached hydrogens (tertiary/aromatic N) is 1. The number of carboxylic acid groups (broad SMARTS) is 1. The first-order valence-electron chi connectivity index (χ1n) is 8.51. The molecule has 3 aromatic rings. The van der Waals surface area contributed by atoms with Gasteiger partial charge in [0.25, 0.3) is 11.8 Å². The molecule has 1 aromatic heterocycles. The summed E-state index contributed by atoms with van der Waals surface area (Å²) < 4.78 is 6.20. The Morgan fingerprint density at radius 2 is 1.67 bits per heavy atom. The molecule has 2 amide bonds. The molecule has 0 saturated carbocycles. The van der Waals surface area contributed by atoms with Crippen LogP contribution in [-0.2, 0) is 0 Å². The maximum absolute atomic E-state index is 12.4. The predicted octanol–water partition coefficient (Wildman–Crippen LogP) is 4.29. The Hall–Kier alpha value is -3.79. The Morgan fingerprint density at radius 1 is 0.967 bits per heavy atom. The molecule has 10 heteroatoms. The van der Waals surface area contributed by atoms with Gasteiger partial charge in [-0.15, -0.1) is 0 Å². The highest BCUT2D eigenvalue weighted by Gasteiger charge is 2.18. The largest absolute Gasteiger partial charge is 0.478 e. The second-order valence-corrected chi connectivity index (χ2v) is 7.03. The van der Waals surface area contributed by atoms with E-state index >= 15 is 0 Å². The first-order chi connectivity index (χ1) is 14.2. The minimum absolute atomic E-state index is 0.000779. The van der Waals surface area contributed by atoms with Crippen LogP contribution in [0.15, 0.2) is 63.5 Å². The van der Waals surface area contributed by atoms with E-state index in [0.29, 0.717) is 14.9 Å². The molecule has 1 heterocycles. The molecule has 0 bridgehead atoms. The monoisotopic (exact) mass is 472 g/mol. The molecule has 0 aliphatic rings. The summed E-state index contributed by atoms with van der Waals surface area (Å²) in [6.45, 7) is 0. The maximum Gasteiger partial charge on any atom is 0.421 e. The van der Waals surface area contributed by atoms with Gasteiger partial charge in [-0.2, -0.15) is 0 Å². The third kappa shape index (κ3) is 4.78. The molecule has 0 aliphatic heterocycles. The van der Waals surface area contributed by atoms with Crippen LogP contribution < -0.4 is 10.6 Å². The van der Waals surface area contributed by atoms with Gasteiger partial charge in [-0.3, -0.25) is 9.59 Å². The Labute approximate surface area is 178 Å². The zero-order chi connectivity index (χ0) is 21.8. The van der Waals surface area contributed by atoms with Crippen molar-refractivity contribution in [2.45, 2.75) is 0 Å². The average Bonchev–Trinajstić information content (AvgIpc) is 3.20. The Kier molecular flexibility index (Phi) is 6.07. The number of aromatic carboxylic acids is 1. The van der Waals surface area contributed by atoms with Crippen molar-refractivity contribution >= 4 is 51.0 Å². The van der Waals surface area contributed by atoms with E-state index in [2.05, 4.69) is 26.6 Å². The molecule has 0 saturated heterocycles. The van der Waals surface area contributed by atoms with Crippen molar-refractivity contribution in [3.63, 3.8) is 0 Å². The molecule has 30 heavy (non-hydrogen) atoms. The SMILES string of the molecule is C[N+](=O)c1ccc(C(=O)Nc2ccc(C(=O)Nc3ccc(Br)cc3C(=O)O)cc2)o1. The minimum Gasteiger partial charge on any atom is -0.478 e. The van der Waals surface area contributed by atoms with Crippen LogP contribution in [0.25, 0.3) is 0 Å². The highest BCUT2D eigenvalue weighted by Crippen LogP contribution is 2.22. The normalized spacial score (nSPS) is 10.3. The second-order valence-electron chi connectivity index (χ2n) is 6.12. The molecule has 0 spiro atoms. The molecular weight excluding hydrogens is 458 g/mol. The number of nitroso groups, excluding NO2 is 1.